The molecule has 20 heavy (non-hydrogen) atoms. The van der Waals surface area contributed by atoms with E-state index in [1.54, 1.807) is 25.1 Å². The monoisotopic (exact) mass is 277 g/mol. The van der Waals surface area contributed by atoms with Gasteiger partial charge in [-0.2, -0.15) is 0 Å². The van der Waals surface area contributed by atoms with E-state index in [2.05, 4.69) is 18.7 Å². The van der Waals surface area contributed by atoms with Crippen LogP contribution in [0.3, 0.4) is 0 Å². The molecule has 110 valence electrons. The van der Waals surface area contributed by atoms with Crippen LogP contribution in [0.2, 0.25) is 0 Å². The topological polar surface area (TPSA) is 58.8 Å². The zero-order valence-corrected chi connectivity index (χ0v) is 12.6. The Bertz CT molecular complexity index is 512. The van der Waals surface area contributed by atoms with E-state index < -0.39 is 0 Å². The third-order valence-electron chi connectivity index (χ3n) is 3.62. The Morgan fingerprint density at radius 1 is 1.40 bits per heavy atom. The van der Waals surface area contributed by atoms with E-state index in [-0.39, 0.29) is 11.4 Å². The highest BCUT2D eigenvalue weighted by atomic mass is 16.5. The van der Waals surface area contributed by atoms with Crippen molar-refractivity contribution < 1.29 is 9.53 Å². The van der Waals surface area contributed by atoms with Gasteiger partial charge in [-0.15, -0.1) is 0 Å². The third kappa shape index (κ3) is 2.72. The summed E-state index contributed by atoms with van der Waals surface area (Å²) in [6.07, 6.45) is 0. The van der Waals surface area contributed by atoms with Crippen LogP contribution in [0.25, 0.3) is 0 Å². The van der Waals surface area contributed by atoms with E-state index in [1.807, 2.05) is 12.1 Å². The van der Waals surface area contributed by atoms with E-state index >= 15 is 0 Å². The normalized spacial score (nSPS) is 17.9. The molecule has 5 nitrogen and oxygen atoms in total. The largest absolute Gasteiger partial charge is 0.397 e. The maximum Gasteiger partial charge on any atom is 0.253 e. The summed E-state index contributed by atoms with van der Waals surface area (Å²) in [7, 11) is 3.47. The molecule has 0 bridgehead atoms. The number of nitrogen functional groups attached to an aromatic ring is 1. The number of benzene rings is 1. The second kappa shape index (κ2) is 5.32. The summed E-state index contributed by atoms with van der Waals surface area (Å²) in [4.78, 5) is 15.7. The zero-order chi connectivity index (χ0) is 14.9. The molecule has 2 rings (SSSR count). The van der Waals surface area contributed by atoms with E-state index in [0.717, 1.165) is 12.2 Å². The van der Waals surface area contributed by atoms with Crippen LogP contribution in [-0.2, 0) is 4.74 Å². The quantitative estimate of drug-likeness (QED) is 0.834. The van der Waals surface area contributed by atoms with Crippen molar-refractivity contribution in [3.05, 3.63) is 23.8 Å². The molecule has 5 heteroatoms. The highest BCUT2D eigenvalue weighted by molar-refractivity contribution is 5.96. The fourth-order valence-electron chi connectivity index (χ4n) is 2.50. The third-order valence-corrected chi connectivity index (χ3v) is 3.62. The molecule has 1 aliphatic heterocycles. The van der Waals surface area contributed by atoms with Crippen LogP contribution in [0.4, 0.5) is 11.4 Å². The van der Waals surface area contributed by atoms with Crippen LogP contribution >= 0.6 is 0 Å². The van der Waals surface area contributed by atoms with Gasteiger partial charge in [0.15, 0.2) is 0 Å². The lowest BCUT2D eigenvalue weighted by Gasteiger charge is -2.44. The minimum Gasteiger partial charge on any atom is -0.397 e. The Labute approximate surface area is 120 Å². The smallest absolute Gasteiger partial charge is 0.253 e. The number of carbonyl (C=O) groups is 1. The first-order chi connectivity index (χ1) is 9.33. The molecule has 1 amide bonds. The van der Waals surface area contributed by atoms with Gasteiger partial charge in [-0.25, -0.2) is 0 Å². The first-order valence-electron chi connectivity index (χ1n) is 6.79. The summed E-state index contributed by atoms with van der Waals surface area (Å²) in [5, 5.41) is 0. The van der Waals surface area contributed by atoms with Gasteiger partial charge in [0.25, 0.3) is 5.91 Å². The lowest BCUT2D eigenvalue weighted by molar-refractivity contribution is 0.0645. The average Bonchev–Trinajstić information content (AvgIpc) is 2.38. The van der Waals surface area contributed by atoms with Crippen molar-refractivity contribution >= 4 is 17.3 Å². The summed E-state index contributed by atoms with van der Waals surface area (Å²) in [6.45, 7) is 6.43. The number of rotatable bonds is 2. The Morgan fingerprint density at radius 3 is 2.65 bits per heavy atom. The standard InChI is InChI=1S/C15H23N3O2/c1-15(2)10-20-8-7-18(15)13-6-5-11(9-12(13)16)14(19)17(3)4/h5-6,9H,7-8,10,16H2,1-4H3. The Morgan fingerprint density at radius 2 is 2.10 bits per heavy atom. The SMILES string of the molecule is CN(C)C(=O)c1ccc(N2CCOCC2(C)C)c(N)c1. The van der Waals surface area contributed by atoms with Crippen molar-refractivity contribution in [2.24, 2.45) is 0 Å². The van der Waals surface area contributed by atoms with Gasteiger partial charge in [-0.05, 0) is 32.0 Å². The molecule has 0 spiro atoms. The van der Waals surface area contributed by atoms with Crippen molar-refractivity contribution in [2.75, 3.05) is 44.5 Å². The number of nitrogens with two attached hydrogens (primary N) is 1. The molecular weight excluding hydrogens is 254 g/mol. The Hall–Kier alpha value is -1.75. The molecule has 0 aliphatic carbocycles. The zero-order valence-electron chi connectivity index (χ0n) is 12.6. The number of amides is 1. The molecule has 0 radical (unpaired) electrons. The number of carbonyl (C=O) groups excluding carboxylic acids is 1. The first kappa shape index (κ1) is 14.7. The Kier molecular flexibility index (Phi) is 3.90. The second-order valence-corrected chi connectivity index (χ2v) is 5.99. The van der Waals surface area contributed by atoms with Gasteiger partial charge in [0.2, 0.25) is 0 Å². The second-order valence-electron chi connectivity index (χ2n) is 5.99. The van der Waals surface area contributed by atoms with Gasteiger partial charge in [-0.3, -0.25) is 4.79 Å². The van der Waals surface area contributed by atoms with Crippen LogP contribution in [0, 0.1) is 0 Å². The molecule has 1 aliphatic rings. The van der Waals surface area contributed by atoms with E-state index in [1.165, 1.54) is 0 Å². The molecule has 0 saturated carbocycles. The first-order valence-corrected chi connectivity index (χ1v) is 6.79. The molecule has 1 aromatic carbocycles. The summed E-state index contributed by atoms with van der Waals surface area (Å²) < 4.78 is 5.53. The van der Waals surface area contributed by atoms with Crippen molar-refractivity contribution in [1.82, 2.24) is 4.90 Å². The van der Waals surface area contributed by atoms with Crippen molar-refractivity contribution in [3.8, 4) is 0 Å². The molecular formula is C15H23N3O2. The lowest BCUT2D eigenvalue weighted by atomic mass is 10.00. The van der Waals surface area contributed by atoms with Crippen molar-refractivity contribution in [2.45, 2.75) is 19.4 Å². The predicted molar refractivity (Wildman–Crippen MR) is 81.1 cm³/mol. The highest BCUT2D eigenvalue weighted by Crippen LogP contribution is 2.32. The number of nitrogens with zero attached hydrogens (tertiary/aromatic N) is 2. The lowest BCUT2D eigenvalue weighted by Crippen LogP contribution is -2.53. The van der Waals surface area contributed by atoms with Crippen LogP contribution in [0.1, 0.15) is 24.2 Å². The van der Waals surface area contributed by atoms with E-state index in [9.17, 15) is 4.79 Å². The Balaban J connectivity index is 2.32. The molecule has 2 N–H and O–H groups in total. The van der Waals surface area contributed by atoms with Gasteiger partial charge in [0.1, 0.15) is 0 Å². The van der Waals surface area contributed by atoms with Crippen molar-refractivity contribution in [1.29, 1.82) is 0 Å². The molecule has 1 heterocycles. The van der Waals surface area contributed by atoms with Gasteiger partial charge >= 0.3 is 0 Å². The van der Waals surface area contributed by atoms with Gasteiger partial charge in [-0.1, -0.05) is 0 Å². The molecule has 0 atom stereocenters. The molecule has 1 fully saturated rings. The summed E-state index contributed by atoms with van der Waals surface area (Å²) in [5.74, 6) is -0.0375. The number of morpholine rings is 1. The number of hydrogen-bond donors (Lipinski definition) is 1. The molecule has 1 saturated heterocycles. The molecule has 1 aromatic rings. The van der Waals surface area contributed by atoms with Crippen LogP contribution in [0.15, 0.2) is 18.2 Å². The van der Waals surface area contributed by atoms with Gasteiger partial charge in [0.05, 0.1) is 30.1 Å². The van der Waals surface area contributed by atoms with Gasteiger partial charge in [0, 0.05) is 26.2 Å². The van der Waals surface area contributed by atoms with Crippen LogP contribution in [-0.4, -0.2) is 50.2 Å². The highest BCUT2D eigenvalue weighted by Gasteiger charge is 2.31. The maximum absolute atomic E-state index is 11.9. The summed E-state index contributed by atoms with van der Waals surface area (Å²) >= 11 is 0. The van der Waals surface area contributed by atoms with Crippen molar-refractivity contribution in [3.63, 3.8) is 0 Å². The van der Waals surface area contributed by atoms with Crippen LogP contribution in [0.5, 0.6) is 0 Å². The van der Waals surface area contributed by atoms with E-state index in [4.69, 9.17) is 10.5 Å². The minimum absolute atomic E-state index is 0.0375. The summed E-state index contributed by atoms with van der Waals surface area (Å²) in [5.41, 5.74) is 8.27. The van der Waals surface area contributed by atoms with Gasteiger partial charge < -0.3 is 20.3 Å². The fourth-order valence-corrected chi connectivity index (χ4v) is 2.50. The molecule has 0 unspecified atom stereocenters. The van der Waals surface area contributed by atoms with Crippen LogP contribution < -0.4 is 10.6 Å². The minimum atomic E-state index is -0.0978. The number of hydrogen-bond acceptors (Lipinski definition) is 4. The number of anilines is 2. The van der Waals surface area contributed by atoms with E-state index in [0.29, 0.717) is 24.5 Å². The maximum atomic E-state index is 11.9. The average molecular weight is 277 g/mol. The number of ether oxygens (including phenoxy) is 1. The summed E-state index contributed by atoms with van der Waals surface area (Å²) in [6, 6.07) is 5.52. The fraction of sp³-hybridized carbons (Fsp3) is 0.533. The predicted octanol–water partition coefficient (Wildman–Crippen LogP) is 1.59. The molecule has 0 aromatic heterocycles.